The standard InChI is InChI=1S/C26H29N5O2/c32-24(27-12-18-10-11-18)21-14-30(13-19-6-2-1-3-7-19)15-26(21)16-31(17-26)25(33)23-20-8-4-5-9-22(20)28-29-23/h1-9,18,21H,10-17H2,(H,27,32)(H,28,29). The first kappa shape index (κ1) is 20.4. The third-order valence-corrected chi connectivity index (χ3v) is 7.52. The number of amides is 2. The lowest BCUT2D eigenvalue weighted by atomic mass is 9.71. The number of fused-ring (bicyclic) bond motifs is 1. The van der Waals surface area contributed by atoms with E-state index in [1.807, 2.05) is 35.2 Å². The molecule has 3 heterocycles. The van der Waals surface area contributed by atoms with Crippen molar-refractivity contribution in [1.29, 1.82) is 0 Å². The largest absolute Gasteiger partial charge is 0.356 e. The molecule has 2 aromatic carbocycles. The van der Waals surface area contributed by atoms with Gasteiger partial charge in [-0.1, -0.05) is 48.5 Å². The van der Waals surface area contributed by atoms with Gasteiger partial charge in [-0.15, -0.1) is 0 Å². The molecule has 1 unspecified atom stereocenters. The zero-order valence-electron chi connectivity index (χ0n) is 18.7. The van der Waals surface area contributed by atoms with E-state index in [0.717, 1.165) is 37.1 Å². The van der Waals surface area contributed by atoms with E-state index >= 15 is 0 Å². The first-order chi connectivity index (χ1) is 16.1. The van der Waals surface area contributed by atoms with Gasteiger partial charge >= 0.3 is 0 Å². The smallest absolute Gasteiger partial charge is 0.275 e. The first-order valence-corrected chi connectivity index (χ1v) is 11.9. The van der Waals surface area contributed by atoms with Crippen LogP contribution in [0, 0.1) is 17.3 Å². The molecule has 7 heteroatoms. The summed E-state index contributed by atoms with van der Waals surface area (Å²) >= 11 is 0. The second-order valence-electron chi connectivity index (χ2n) is 10.0. The normalized spacial score (nSPS) is 21.9. The molecular formula is C26H29N5O2. The van der Waals surface area contributed by atoms with Crippen molar-refractivity contribution in [3.63, 3.8) is 0 Å². The molecule has 1 aliphatic carbocycles. The maximum absolute atomic E-state index is 13.2. The number of carbonyl (C=O) groups excluding carboxylic acids is 2. The van der Waals surface area contributed by atoms with Crippen LogP contribution in [0.4, 0.5) is 0 Å². The number of H-pyrrole nitrogens is 1. The molecule has 1 saturated carbocycles. The van der Waals surface area contributed by atoms with Crippen molar-refractivity contribution in [1.82, 2.24) is 25.3 Å². The predicted octanol–water partition coefficient (Wildman–Crippen LogP) is 2.66. The number of hydrogen-bond acceptors (Lipinski definition) is 4. The first-order valence-electron chi connectivity index (χ1n) is 11.9. The highest BCUT2D eigenvalue weighted by atomic mass is 16.2. The molecule has 0 radical (unpaired) electrons. The summed E-state index contributed by atoms with van der Waals surface area (Å²) in [5, 5.41) is 11.3. The third kappa shape index (κ3) is 3.80. The summed E-state index contributed by atoms with van der Waals surface area (Å²) in [6.07, 6.45) is 2.44. The average molecular weight is 444 g/mol. The highest BCUT2D eigenvalue weighted by molar-refractivity contribution is 6.05. The number of para-hydroxylation sites is 1. The van der Waals surface area contributed by atoms with Crippen molar-refractivity contribution >= 4 is 22.7 Å². The second kappa shape index (κ2) is 7.99. The van der Waals surface area contributed by atoms with Gasteiger partial charge in [-0.25, -0.2) is 0 Å². The van der Waals surface area contributed by atoms with E-state index in [0.29, 0.717) is 24.7 Å². The van der Waals surface area contributed by atoms with Crippen molar-refractivity contribution in [3.05, 3.63) is 65.9 Å². The summed E-state index contributed by atoms with van der Waals surface area (Å²) in [5.41, 5.74) is 2.39. The summed E-state index contributed by atoms with van der Waals surface area (Å²) in [5.74, 6) is 0.644. The maximum atomic E-state index is 13.2. The van der Waals surface area contributed by atoms with Gasteiger partial charge in [0.05, 0.1) is 11.4 Å². The summed E-state index contributed by atoms with van der Waals surface area (Å²) < 4.78 is 0. The fourth-order valence-electron chi connectivity index (χ4n) is 5.54. The molecule has 1 spiro atoms. The van der Waals surface area contributed by atoms with Crippen molar-refractivity contribution in [2.75, 3.05) is 32.7 Å². The van der Waals surface area contributed by atoms with Gasteiger partial charge in [-0.05, 0) is 30.4 Å². The number of carbonyl (C=O) groups is 2. The molecule has 1 aromatic heterocycles. The van der Waals surface area contributed by atoms with Crippen LogP contribution in [0.25, 0.3) is 10.9 Å². The highest BCUT2D eigenvalue weighted by Crippen LogP contribution is 2.45. The number of hydrogen-bond donors (Lipinski definition) is 2. The number of benzene rings is 2. The number of nitrogens with zero attached hydrogens (tertiary/aromatic N) is 3. The fraction of sp³-hybridized carbons (Fsp3) is 0.423. The van der Waals surface area contributed by atoms with Crippen molar-refractivity contribution in [2.45, 2.75) is 19.4 Å². The number of nitrogens with one attached hydrogen (secondary N) is 2. The van der Waals surface area contributed by atoms with Crippen LogP contribution in [0.5, 0.6) is 0 Å². The van der Waals surface area contributed by atoms with Gasteiger partial charge in [0, 0.05) is 50.1 Å². The fourth-order valence-corrected chi connectivity index (χ4v) is 5.54. The van der Waals surface area contributed by atoms with Gasteiger partial charge in [-0.3, -0.25) is 19.6 Å². The summed E-state index contributed by atoms with van der Waals surface area (Å²) in [6, 6.07) is 18.1. The monoisotopic (exact) mass is 443 g/mol. The van der Waals surface area contributed by atoms with E-state index < -0.39 is 0 Å². The van der Waals surface area contributed by atoms with Gasteiger partial charge in [0.25, 0.3) is 5.91 Å². The van der Waals surface area contributed by atoms with Crippen LogP contribution >= 0.6 is 0 Å². The highest BCUT2D eigenvalue weighted by Gasteiger charge is 2.58. The molecule has 0 bridgehead atoms. The maximum Gasteiger partial charge on any atom is 0.275 e. The minimum atomic E-state index is -0.190. The van der Waals surface area contributed by atoms with Crippen molar-refractivity contribution < 1.29 is 9.59 Å². The Labute approximate surface area is 193 Å². The van der Waals surface area contributed by atoms with Crippen LogP contribution in [0.2, 0.25) is 0 Å². The third-order valence-electron chi connectivity index (χ3n) is 7.52. The zero-order valence-corrected chi connectivity index (χ0v) is 18.7. The topological polar surface area (TPSA) is 81.3 Å². The van der Waals surface area contributed by atoms with E-state index in [-0.39, 0.29) is 23.1 Å². The Morgan fingerprint density at radius 2 is 1.79 bits per heavy atom. The molecule has 33 heavy (non-hydrogen) atoms. The molecule has 2 aliphatic heterocycles. The minimum Gasteiger partial charge on any atom is -0.356 e. The van der Waals surface area contributed by atoms with Crippen molar-refractivity contribution in [2.24, 2.45) is 17.3 Å². The summed E-state index contributed by atoms with van der Waals surface area (Å²) in [7, 11) is 0. The lowest BCUT2D eigenvalue weighted by Crippen LogP contribution is -2.64. The van der Waals surface area contributed by atoms with E-state index in [1.165, 1.54) is 18.4 Å². The van der Waals surface area contributed by atoms with E-state index in [1.54, 1.807) is 0 Å². The summed E-state index contributed by atoms with van der Waals surface area (Å²) in [6.45, 7) is 4.37. The zero-order chi connectivity index (χ0) is 22.4. The molecule has 3 aliphatic rings. The SMILES string of the molecule is O=C(NCC1CC1)C1CN(Cc2ccccc2)CC12CN(C(=O)c1n[nH]c3ccccc13)C2. The van der Waals surface area contributed by atoms with E-state index in [9.17, 15) is 9.59 Å². The molecule has 3 fully saturated rings. The van der Waals surface area contributed by atoms with Gasteiger partial charge in [0.2, 0.25) is 5.91 Å². The molecule has 1 atom stereocenters. The van der Waals surface area contributed by atoms with Crippen LogP contribution in [-0.4, -0.2) is 64.5 Å². The van der Waals surface area contributed by atoms with Gasteiger partial charge in [0.15, 0.2) is 5.69 Å². The Kier molecular flexibility index (Phi) is 4.94. The van der Waals surface area contributed by atoms with Crippen LogP contribution < -0.4 is 5.32 Å². The van der Waals surface area contributed by atoms with Crippen LogP contribution in [0.3, 0.4) is 0 Å². The average Bonchev–Trinajstić information content (AvgIpc) is 3.42. The van der Waals surface area contributed by atoms with E-state index in [2.05, 4.69) is 44.7 Å². The Morgan fingerprint density at radius 3 is 2.58 bits per heavy atom. The predicted molar refractivity (Wildman–Crippen MR) is 125 cm³/mol. The molecular weight excluding hydrogens is 414 g/mol. The molecule has 170 valence electrons. The Hall–Kier alpha value is -3.19. The molecule has 3 aromatic rings. The lowest BCUT2D eigenvalue weighted by Gasteiger charge is -2.50. The number of rotatable bonds is 6. The number of aromatic nitrogens is 2. The molecule has 2 saturated heterocycles. The molecule has 6 rings (SSSR count). The Bertz CT molecular complexity index is 1180. The number of aromatic amines is 1. The van der Waals surface area contributed by atoms with E-state index in [4.69, 9.17) is 0 Å². The quantitative estimate of drug-likeness (QED) is 0.614. The molecule has 7 nitrogen and oxygen atoms in total. The Morgan fingerprint density at radius 1 is 1.03 bits per heavy atom. The molecule has 2 N–H and O–H groups in total. The lowest BCUT2D eigenvalue weighted by molar-refractivity contribution is -0.131. The van der Waals surface area contributed by atoms with Gasteiger partial charge in [-0.2, -0.15) is 5.10 Å². The van der Waals surface area contributed by atoms with Gasteiger partial charge in [0.1, 0.15) is 0 Å². The second-order valence-corrected chi connectivity index (χ2v) is 10.0. The molecule has 2 amide bonds. The van der Waals surface area contributed by atoms with Gasteiger partial charge < -0.3 is 10.2 Å². The Balaban J connectivity index is 1.19. The van der Waals surface area contributed by atoms with Crippen LogP contribution in [-0.2, 0) is 11.3 Å². The van der Waals surface area contributed by atoms with Crippen molar-refractivity contribution in [3.8, 4) is 0 Å². The van der Waals surface area contributed by atoms with Crippen LogP contribution in [0.1, 0.15) is 28.9 Å². The van der Waals surface area contributed by atoms with Crippen LogP contribution in [0.15, 0.2) is 54.6 Å². The summed E-state index contributed by atoms with van der Waals surface area (Å²) in [4.78, 5) is 30.7. The number of likely N-dealkylation sites (tertiary alicyclic amines) is 2. The minimum absolute atomic E-state index is 0.0586.